The van der Waals surface area contributed by atoms with Crippen LogP contribution in [0.4, 0.5) is 9.18 Å². The number of aliphatic hydroxyl groups excluding tert-OH is 1. The van der Waals surface area contributed by atoms with Crippen molar-refractivity contribution in [3.63, 3.8) is 0 Å². The third-order valence-electron chi connectivity index (χ3n) is 4.98. The number of piperidine rings is 1. The summed E-state index contributed by atoms with van der Waals surface area (Å²) in [5.74, 6) is -0.468. The summed E-state index contributed by atoms with van der Waals surface area (Å²) in [6.45, 7) is 5.36. The van der Waals surface area contributed by atoms with Crippen molar-refractivity contribution in [1.29, 1.82) is 0 Å². The molecule has 1 fully saturated rings. The normalized spacial score (nSPS) is 18.6. The average molecular weight is 343 g/mol. The highest BCUT2D eigenvalue weighted by Gasteiger charge is 2.34. The van der Waals surface area contributed by atoms with Gasteiger partial charge in [-0.25, -0.2) is 9.18 Å². The minimum absolute atomic E-state index is 0.0487. The van der Waals surface area contributed by atoms with Crippen molar-refractivity contribution in [2.24, 2.45) is 5.41 Å². The van der Waals surface area contributed by atoms with Crippen molar-refractivity contribution >= 4 is 17.6 Å². The van der Waals surface area contributed by atoms with Crippen LogP contribution in [0.25, 0.3) is 0 Å². The lowest BCUT2D eigenvalue weighted by Gasteiger charge is -2.40. The number of aliphatic hydroxyl groups is 1. The van der Waals surface area contributed by atoms with Gasteiger partial charge in [0.2, 0.25) is 0 Å². The highest BCUT2D eigenvalue weighted by molar-refractivity contribution is 6.30. The van der Waals surface area contributed by atoms with Crippen LogP contribution in [0.2, 0.25) is 5.02 Å². The van der Waals surface area contributed by atoms with Gasteiger partial charge in [-0.3, -0.25) is 0 Å². The van der Waals surface area contributed by atoms with E-state index in [1.807, 2.05) is 6.92 Å². The van der Waals surface area contributed by atoms with Crippen LogP contribution in [0, 0.1) is 11.2 Å². The number of benzene rings is 1. The summed E-state index contributed by atoms with van der Waals surface area (Å²) in [4.78, 5) is 14.1. The molecule has 1 atom stereocenters. The molecule has 0 radical (unpaired) electrons. The lowest BCUT2D eigenvalue weighted by atomic mass is 9.77. The zero-order valence-corrected chi connectivity index (χ0v) is 14.4. The Hall–Kier alpha value is -1.33. The Bertz CT molecular complexity index is 554. The molecule has 23 heavy (non-hydrogen) atoms. The second kappa shape index (κ2) is 7.49. The smallest absolute Gasteiger partial charge is 0.317 e. The fourth-order valence-corrected chi connectivity index (χ4v) is 3.14. The Morgan fingerprint density at radius 2 is 2.13 bits per heavy atom. The lowest BCUT2D eigenvalue weighted by Crippen LogP contribution is -2.48. The number of likely N-dealkylation sites (tertiary alicyclic amines) is 1. The summed E-state index contributed by atoms with van der Waals surface area (Å²) in [5, 5.41) is 12.5. The first kappa shape index (κ1) is 18.0. The lowest BCUT2D eigenvalue weighted by molar-refractivity contribution is 0.0516. The minimum Gasteiger partial charge on any atom is -0.396 e. The number of carbonyl (C=O) groups is 1. The average Bonchev–Trinajstić information content (AvgIpc) is 2.57. The summed E-state index contributed by atoms with van der Waals surface area (Å²) in [5.41, 5.74) is 0.715. The van der Waals surface area contributed by atoms with Crippen molar-refractivity contribution in [2.75, 3.05) is 19.7 Å². The Balaban J connectivity index is 1.93. The second-order valence-corrected chi connectivity index (χ2v) is 6.75. The van der Waals surface area contributed by atoms with E-state index in [1.54, 1.807) is 11.0 Å². The van der Waals surface area contributed by atoms with E-state index in [0.717, 1.165) is 24.8 Å². The summed E-state index contributed by atoms with van der Waals surface area (Å²) >= 11 is 5.78. The van der Waals surface area contributed by atoms with Gasteiger partial charge in [0.15, 0.2) is 0 Å². The molecule has 0 saturated carbocycles. The maximum Gasteiger partial charge on any atom is 0.317 e. The molecule has 2 rings (SSSR count). The molecule has 0 bridgehead atoms. The van der Waals surface area contributed by atoms with Gasteiger partial charge < -0.3 is 15.3 Å². The summed E-state index contributed by atoms with van der Waals surface area (Å²) in [7, 11) is 0. The molecule has 6 heteroatoms. The van der Waals surface area contributed by atoms with Gasteiger partial charge in [-0.05, 0) is 49.3 Å². The van der Waals surface area contributed by atoms with Gasteiger partial charge in [0.1, 0.15) is 5.82 Å². The predicted molar refractivity (Wildman–Crippen MR) is 89.0 cm³/mol. The van der Waals surface area contributed by atoms with Gasteiger partial charge in [-0.2, -0.15) is 0 Å². The molecule has 1 aliphatic heterocycles. The largest absolute Gasteiger partial charge is 0.396 e. The van der Waals surface area contributed by atoms with Crippen LogP contribution in [-0.4, -0.2) is 35.7 Å². The second-order valence-electron chi connectivity index (χ2n) is 6.34. The number of hydrogen-bond donors (Lipinski definition) is 2. The Morgan fingerprint density at radius 1 is 1.48 bits per heavy atom. The van der Waals surface area contributed by atoms with Crippen molar-refractivity contribution in [3.8, 4) is 0 Å². The number of rotatable bonds is 4. The predicted octanol–water partition coefficient (Wildman–Crippen LogP) is 3.73. The zero-order valence-electron chi connectivity index (χ0n) is 13.6. The van der Waals surface area contributed by atoms with Gasteiger partial charge >= 0.3 is 6.03 Å². The third kappa shape index (κ3) is 4.15. The van der Waals surface area contributed by atoms with Crippen LogP contribution in [0.5, 0.6) is 0 Å². The van der Waals surface area contributed by atoms with E-state index in [0.29, 0.717) is 13.1 Å². The number of nitrogens with one attached hydrogen (secondary N) is 1. The molecule has 0 aliphatic carbocycles. The van der Waals surface area contributed by atoms with E-state index < -0.39 is 5.82 Å². The highest BCUT2D eigenvalue weighted by atomic mass is 35.5. The standard InChI is InChI=1S/C17H24ClFN2O2/c1-3-17(11-22)6-8-21(9-7-17)16(23)20-12(2)13-4-5-15(19)14(18)10-13/h4-5,10,12,22H,3,6-9,11H2,1-2H3,(H,20,23). The molecular weight excluding hydrogens is 319 g/mol. The number of hydrogen-bond acceptors (Lipinski definition) is 2. The number of carbonyl (C=O) groups excluding carboxylic acids is 1. The molecule has 0 spiro atoms. The van der Waals surface area contributed by atoms with Crippen LogP contribution in [-0.2, 0) is 0 Å². The molecular formula is C17H24ClFN2O2. The van der Waals surface area contributed by atoms with Crippen LogP contribution in [0.15, 0.2) is 18.2 Å². The first-order valence-electron chi connectivity index (χ1n) is 8.02. The van der Waals surface area contributed by atoms with Crippen molar-refractivity contribution in [2.45, 2.75) is 39.2 Å². The zero-order chi connectivity index (χ0) is 17.0. The first-order valence-corrected chi connectivity index (χ1v) is 8.40. The third-order valence-corrected chi connectivity index (χ3v) is 5.27. The van der Waals surface area contributed by atoms with Crippen molar-refractivity contribution in [3.05, 3.63) is 34.6 Å². The Kier molecular flexibility index (Phi) is 5.87. The van der Waals surface area contributed by atoms with E-state index in [1.165, 1.54) is 12.1 Å². The highest BCUT2D eigenvalue weighted by Crippen LogP contribution is 2.34. The van der Waals surface area contributed by atoms with Crippen LogP contribution in [0.1, 0.15) is 44.7 Å². The molecule has 1 aromatic carbocycles. The van der Waals surface area contributed by atoms with Gasteiger partial charge in [0.25, 0.3) is 0 Å². The first-order chi connectivity index (χ1) is 10.9. The van der Waals surface area contributed by atoms with Crippen LogP contribution in [0.3, 0.4) is 0 Å². The molecule has 2 N–H and O–H groups in total. The summed E-state index contributed by atoms with van der Waals surface area (Å²) in [6, 6.07) is 4.07. The van der Waals surface area contributed by atoms with Gasteiger partial charge in [0.05, 0.1) is 11.1 Å². The van der Waals surface area contributed by atoms with Gasteiger partial charge in [0, 0.05) is 19.7 Å². The molecule has 0 aromatic heterocycles. The molecule has 2 amide bonds. The number of amides is 2. The van der Waals surface area contributed by atoms with E-state index in [9.17, 15) is 14.3 Å². The number of urea groups is 1. The number of nitrogens with zero attached hydrogens (tertiary/aromatic N) is 1. The van der Waals surface area contributed by atoms with Crippen LogP contribution >= 0.6 is 11.6 Å². The Morgan fingerprint density at radius 3 is 2.65 bits per heavy atom. The molecule has 1 saturated heterocycles. The fraction of sp³-hybridized carbons (Fsp3) is 0.588. The molecule has 1 aliphatic rings. The molecule has 1 aromatic rings. The van der Waals surface area contributed by atoms with E-state index >= 15 is 0 Å². The topological polar surface area (TPSA) is 52.6 Å². The molecule has 1 heterocycles. The quantitative estimate of drug-likeness (QED) is 0.875. The van der Waals surface area contributed by atoms with Gasteiger partial charge in [-0.1, -0.05) is 24.6 Å². The van der Waals surface area contributed by atoms with Gasteiger partial charge in [-0.15, -0.1) is 0 Å². The minimum atomic E-state index is -0.468. The van der Waals surface area contributed by atoms with E-state index in [4.69, 9.17) is 11.6 Å². The molecule has 4 nitrogen and oxygen atoms in total. The SMILES string of the molecule is CCC1(CO)CCN(C(=O)NC(C)c2ccc(F)c(Cl)c2)CC1. The van der Waals surface area contributed by atoms with E-state index in [2.05, 4.69) is 12.2 Å². The number of halogens is 2. The van der Waals surface area contributed by atoms with Crippen LogP contribution < -0.4 is 5.32 Å². The molecule has 128 valence electrons. The summed E-state index contributed by atoms with van der Waals surface area (Å²) in [6.07, 6.45) is 2.54. The molecule has 1 unspecified atom stereocenters. The maximum atomic E-state index is 13.2. The monoisotopic (exact) mass is 342 g/mol. The van der Waals surface area contributed by atoms with E-state index in [-0.39, 0.29) is 29.1 Å². The Labute approximate surface area is 141 Å². The maximum absolute atomic E-state index is 13.2. The van der Waals surface area contributed by atoms with Crippen molar-refractivity contribution < 1.29 is 14.3 Å². The summed E-state index contributed by atoms with van der Waals surface area (Å²) < 4.78 is 13.2. The van der Waals surface area contributed by atoms with Crippen molar-refractivity contribution in [1.82, 2.24) is 10.2 Å². The fourth-order valence-electron chi connectivity index (χ4n) is 2.95.